The number of piperidine rings is 2. The minimum Gasteiger partial charge on any atom is -0.458 e. The summed E-state index contributed by atoms with van der Waals surface area (Å²) in [5.74, 6) is 0.514. The average molecular weight is 431 g/mol. The molecular formula is C22H20Cl2N2O3. The number of carbonyl (C=O) groups is 1. The van der Waals surface area contributed by atoms with Gasteiger partial charge < -0.3 is 14.1 Å². The van der Waals surface area contributed by atoms with Crippen molar-refractivity contribution in [3.05, 3.63) is 52.0 Å². The van der Waals surface area contributed by atoms with Crippen LogP contribution in [-0.4, -0.2) is 41.6 Å². The van der Waals surface area contributed by atoms with Crippen molar-refractivity contribution < 1.29 is 13.9 Å². The minimum atomic E-state index is -0.309. The first-order valence-corrected chi connectivity index (χ1v) is 10.5. The summed E-state index contributed by atoms with van der Waals surface area (Å²) in [7, 11) is 2.15. The fourth-order valence-electron chi connectivity index (χ4n) is 4.50. The number of esters is 1. The van der Waals surface area contributed by atoms with Crippen LogP contribution in [0.1, 0.15) is 29.6 Å². The predicted molar refractivity (Wildman–Crippen MR) is 112 cm³/mol. The molecule has 29 heavy (non-hydrogen) atoms. The second-order valence-corrected chi connectivity index (χ2v) is 8.84. The number of hydrogen-bond acceptors (Lipinski definition) is 5. The van der Waals surface area contributed by atoms with Crippen molar-refractivity contribution in [2.75, 3.05) is 13.6 Å². The number of fused-ring (bicyclic) bond motifs is 4. The van der Waals surface area contributed by atoms with E-state index in [1.165, 1.54) is 6.42 Å². The molecule has 0 amide bonds. The number of aromatic nitrogens is 1. The minimum absolute atomic E-state index is 0.00737. The third-order valence-electron chi connectivity index (χ3n) is 6.04. The molecule has 1 aromatic heterocycles. The van der Waals surface area contributed by atoms with Crippen molar-refractivity contribution >= 4 is 40.3 Å². The Kier molecular flexibility index (Phi) is 4.77. The van der Waals surface area contributed by atoms with Crippen LogP contribution < -0.4 is 0 Å². The summed E-state index contributed by atoms with van der Waals surface area (Å²) < 4.78 is 11.7. The van der Waals surface area contributed by atoms with Gasteiger partial charge in [-0.2, -0.15) is 0 Å². The van der Waals surface area contributed by atoms with E-state index in [-0.39, 0.29) is 12.1 Å². The summed E-state index contributed by atoms with van der Waals surface area (Å²) in [4.78, 5) is 19.6. The Hall–Kier alpha value is -2.08. The molecule has 3 fully saturated rings. The number of carbonyl (C=O) groups excluding carboxylic acids is 1. The molecule has 0 spiro atoms. The Morgan fingerprint density at radius 2 is 1.97 bits per heavy atom. The fraction of sp³-hybridized carbons (Fsp3) is 0.364. The van der Waals surface area contributed by atoms with Crippen molar-refractivity contribution in [1.82, 2.24) is 9.88 Å². The quantitative estimate of drug-likeness (QED) is 0.517. The van der Waals surface area contributed by atoms with E-state index >= 15 is 0 Å². The summed E-state index contributed by atoms with van der Waals surface area (Å²) >= 11 is 12.2. The average Bonchev–Trinajstić information content (AvgIpc) is 3.11. The van der Waals surface area contributed by atoms with Crippen molar-refractivity contribution in [2.24, 2.45) is 5.92 Å². The van der Waals surface area contributed by atoms with Gasteiger partial charge in [0.25, 0.3) is 0 Å². The molecule has 2 aromatic carbocycles. The van der Waals surface area contributed by atoms with Crippen LogP contribution in [0.5, 0.6) is 0 Å². The van der Waals surface area contributed by atoms with Crippen molar-refractivity contribution in [3.63, 3.8) is 0 Å². The van der Waals surface area contributed by atoms with Gasteiger partial charge in [-0.1, -0.05) is 23.2 Å². The highest BCUT2D eigenvalue weighted by Crippen LogP contribution is 2.36. The van der Waals surface area contributed by atoms with Crippen LogP contribution in [0.3, 0.4) is 0 Å². The summed E-state index contributed by atoms with van der Waals surface area (Å²) in [6, 6.07) is 10.8. The summed E-state index contributed by atoms with van der Waals surface area (Å²) in [6.07, 6.45) is 3.22. The van der Waals surface area contributed by atoms with Gasteiger partial charge in [-0.25, -0.2) is 9.78 Å². The van der Waals surface area contributed by atoms with Gasteiger partial charge in [0.05, 0.1) is 5.56 Å². The molecule has 1 aliphatic carbocycles. The lowest BCUT2D eigenvalue weighted by atomic mass is 9.78. The molecule has 3 aliphatic rings. The standard InChI is InChI=1S/C22H20Cl2N2O3/c1-26-11-13-2-4-17(26)10-19(13)29-22(27)12-3-5-18-20(8-12)28-21(25-18)14-6-15(23)9-16(24)7-14/h3,5-9,13,17,19H,2,4,10-11H2,1H3. The summed E-state index contributed by atoms with van der Waals surface area (Å²) in [5.41, 5.74) is 2.34. The Labute approximate surface area is 178 Å². The molecule has 3 unspecified atom stereocenters. The maximum atomic E-state index is 12.7. The third kappa shape index (κ3) is 3.63. The van der Waals surface area contributed by atoms with Gasteiger partial charge in [0, 0.05) is 40.5 Å². The Morgan fingerprint density at radius 3 is 2.66 bits per heavy atom. The van der Waals surface area contributed by atoms with Crippen LogP contribution in [0.25, 0.3) is 22.6 Å². The largest absolute Gasteiger partial charge is 0.458 e. The molecule has 150 valence electrons. The number of rotatable bonds is 3. The molecule has 2 aliphatic heterocycles. The smallest absolute Gasteiger partial charge is 0.338 e. The van der Waals surface area contributed by atoms with Gasteiger partial charge in [-0.15, -0.1) is 0 Å². The van der Waals surface area contributed by atoms with Crippen molar-refractivity contribution in [2.45, 2.75) is 31.4 Å². The lowest BCUT2D eigenvalue weighted by Crippen LogP contribution is -2.53. The molecule has 5 nitrogen and oxygen atoms in total. The predicted octanol–water partition coefficient (Wildman–Crippen LogP) is 5.44. The Bertz CT molecular complexity index is 1080. The highest BCUT2D eigenvalue weighted by Gasteiger charge is 2.40. The van der Waals surface area contributed by atoms with Gasteiger partial charge >= 0.3 is 5.97 Å². The molecule has 3 heterocycles. The zero-order chi connectivity index (χ0) is 20.1. The first-order valence-electron chi connectivity index (χ1n) is 9.74. The maximum absolute atomic E-state index is 12.7. The van der Waals surface area contributed by atoms with Crippen LogP contribution in [-0.2, 0) is 4.74 Å². The van der Waals surface area contributed by atoms with E-state index in [9.17, 15) is 4.79 Å². The van der Waals surface area contributed by atoms with Gasteiger partial charge in [0.15, 0.2) is 5.58 Å². The summed E-state index contributed by atoms with van der Waals surface area (Å²) in [6.45, 7) is 0.995. The SMILES string of the molecule is CN1CC2CCC1CC2OC(=O)c1ccc2nc(-c3cc(Cl)cc(Cl)c3)oc2c1. The van der Waals surface area contributed by atoms with Crippen LogP contribution in [0.2, 0.25) is 10.0 Å². The number of benzene rings is 2. The zero-order valence-corrected chi connectivity index (χ0v) is 17.4. The van der Waals surface area contributed by atoms with E-state index in [1.54, 1.807) is 36.4 Å². The number of halogens is 2. The molecule has 2 bridgehead atoms. The molecule has 7 heteroatoms. The van der Waals surface area contributed by atoms with Gasteiger partial charge in [0.2, 0.25) is 5.89 Å². The van der Waals surface area contributed by atoms with Crippen LogP contribution >= 0.6 is 23.2 Å². The van der Waals surface area contributed by atoms with E-state index < -0.39 is 0 Å². The molecule has 0 N–H and O–H groups in total. The number of ether oxygens (including phenoxy) is 1. The second-order valence-electron chi connectivity index (χ2n) is 7.97. The van der Waals surface area contributed by atoms with E-state index in [0.29, 0.717) is 50.1 Å². The lowest BCUT2D eigenvalue weighted by molar-refractivity contribution is -0.0558. The molecular weight excluding hydrogens is 411 g/mol. The van der Waals surface area contributed by atoms with Gasteiger partial charge in [-0.3, -0.25) is 0 Å². The maximum Gasteiger partial charge on any atom is 0.338 e. The second kappa shape index (κ2) is 7.31. The first kappa shape index (κ1) is 18.9. The molecule has 1 saturated carbocycles. The topological polar surface area (TPSA) is 55.6 Å². The van der Waals surface area contributed by atoms with E-state index in [1.807, 2.05) is 0 Å². The normalized spacial score (nSPS) is 24.2. The van der Waals surface area contributed by atoms with E-state index in [4.69, 9.17) is 32.4 Å². The van der Waals surface area contributed by atoms with Crippen molar-refractivity contribution in [3.8, 4) is 11.5 Å². The molecule has 6 rings (SSSR count). The lowest BCUT2D eigenvalue weighted by Gasteiger charge is -2.47. The molecule has 3 atom stereocenters. The van der Waals surface area contributed by atoms with E-state index in [2.05, 4.69) is 16.9 Å². The summed E-state index contributed by atoms with van der Waals surface area (Å²) in [5, 5.41) is 1.01. The highest BCUT2D eigenvalue weighted by atomic mass is 35.5. The number of oxazole rings is 1. The Balaban J connectivity index is 1.38. The molecule has 2 saturated heterocycles. The molecule has 0 radical (unpaired) electrons. The van der Waals surface area contributed by atoms with Gasteiger partial charge in [0.1, 0.15) is 11.6 Å². The fourth-order valence-corrected chi connectivity index (χ4v) is 5.03. The monoisotopic (exact) mass is 430 g/mol. The van der Waals surface area contributed by atoms with Crippen LogP contribution in [0.15, 0.2) is 40.8 Å². The third-order valence-corrected chi connectivity index (χ3v) is 6.48. The van der Waals surface area contributed by atoms with E-state index in [0.717, 1.165) is 19.4 Å². The highest BCUT2D eigenvalue weighted by molar-refractivity contribution is 6.35. The first-order chi connectivity index (χ1) is 14.0. The Morgan fingerprint density at radius 1 is 1.17 bits per heavy atom. The number of nitrogens with zero attached hydrogens (tertiary/aromatic N) is 2. The zero-order valence-electron chi connectivity index (χ0n) is 15.9. The van der Waals surface area contributed by atoms with Crippen LogP contribution in [0.4, 0.5) is 0 Å². The van der Waals surface area contributed by atoms with Crippen LogP contribution in [0, 0.1) is 5.92 Å². The van der Waals surface area contributed by atoms with Gasteiger partial charge in [-0.05, 0) is 56.3 Å². The number of hydrogen-bond donors (Lipinski definition) is 0. The van der Waals surface area contributed by atoms with Crippen molar-refractivity contribution in [1.29, 1.82) is 0 Å². The molecule has 3 aromatic rings.